The third-order valence-corrected chi connectivity index (χ3v) is 1.63. The van der Waals surface area contributed by atoms with Crippen molar-refractivity contribution in [1.82, 2.24) is 11.1 Å². The molecule has 0 aromatic rings. The van der Waals surface area contributed by atoms with Crippen LogP contribution < -0.4 is 6.15 Å². The molecule has 1 aliphatic rings. The van der Waals surface area contributed by atoms with Crippen molar-refractivity contribution < 1.29 is 9.90 Å². The SMILES string of the molecule is N.O=C(O)N1CCCCC1. The van der Waals surface area contributed by atoms with E-state index >= 15 is 0 Å². The van der Waals surface area contributed by atoms with Gasteiger partial charge in [0.1, 0.15) is 0 Å². The summed E-state index contributed by atoms with van der Waals surface area (Å²) in [6.07, 6.45) is 2.48. The first-order valence-electron chi connectivity index (χ1n) is 3.28. The summed E-state index contributed by atoms with van der Waals surface area (Å²) in [7, 11) is 0. The number of piperidine rings is 1. The molecule has 0 aromatic heterocycles. The summed E-state index contributed by atoms with van der Waals surface area (Å²) in [4.78, 5) is 11.8. The Balaban J connectivity index is 0.000000810. The van der Waals surface area contributed by atoms with Crippen LogP contribution in [0.2, 0.25) is 0 Å². The molecule has 0 aromatic carbocycles. The fourth-order valence-corrected chi connectivity index (χ4v) is 1.09. The van der Waals surface area contributed by atoms with E-state index in [-0.39, 0.29) is 6.15 Å². The van der Waals surface area contributed by atoms with Crippen LogP contribution in [0.5, 0.6) is 0 Å². The molecule has 1 saturated heterocycles. The van der Waals surface area contributed by atoms with Crippen molar-refractivity contribution in [3.05, 3.63) is 0 Å². The number of nitrogens with zero attached hydrogens (tertiary/aromatic N) is 1. The van der Waals surface area contributed by atoms with E-state index < -0.39 is 6.09 Å². The van der Waals surface area contributed by atoms with Gasteiger partial charge in [-0.1, -0.05) is 0 Å². The largest absolute Gasteiger partial charge is 0.465 e. The summed E-state index contributed by atoms with van der Waals surface area (Å²) < 4.78 is 0. The molecular formula is C6H14N2O2. The van der Waals surface area contributed by atoms with Crippen molar-refractivity contribution in [2.24, 2.45) is 0 Å². The second kappa shape index (κ2) is 4.11. The zero-order valence-corrected chi connectivity index (χ0v) is 6.05. The molecule has 0 aliphatic carbocycles. The van der Waals surface area contributed by atoms with Crippen molar-refractivity contribution >= 4 is 6.09 Å². The molecule has 0 unspecified atom stereocenters. The standard InChI is InChI=1S/C6H11NO2.H3N/c8-6(9)7-4-2-1-3-5-7;/h1-5H2,(H,8,9);1H3. The van der Waals surface area contributed by atoms with Gasteiger partial charge in [0.05, 0.1) is 0 Å². The van der Waals surface area contributed by atoms with Crippen LogP contribution >= 0.6 is 0 Å². The first kappa shape index (κ1) is 9.23. The second-order valence-corrected chi connectivity index (χ2v) is 2.33. The number of hydrogen-bond donors (Lipinski definition) is 2. The molecule has 1 rings (SSSR count). The highest BCUT2D eigenvalue weighted by Crippen LogP contribution is 2.07. The van der Waals surface area contributed by atoms with Crippen molar-refractivity contribution in [3.63, 3.8) is 0 Å². The van der Waals surface area contributed by atoms with Gasteiger partial charge in [-0.3, -0.25) is 0 Å². The van der Waals surface area contributed by atoms with Gasteiger partial charge < -0.3 is 16.2 Å². The fourth-order valence-electron chi connectivity index (χ4n) is 1.09. The van der Waals surface area contributed by atoms with Gasteiger partial charge in [-0.05, 0) is 19.3 Å². The van der Waals surface area contributed by atoms with E-state index in [4.69, 9.17) is 5.11 Å². The van der Waals surface area contributed by atoms with E-state index in [1.54, 1.807) is 0 Å². The fraction of sp³-hybridized carbons (Fsp3) is 0.833. The quantitative estimate of drug-likeness (QED) is 0.541. The maximum Gasteiger partial charge on any atom is 0.407 e. The minimum atomic E-state index is -0.769. The monoisotopic (exact) mass is 146 g/mol. The zero-order valence-electron chi connectivity index (χ0n) is 6.05. The van der Waals surface area contributed by atoms with E-state index in [1.807, 2.05) is 0 Å². The number of carboxylic acid groups (broad SMARTS) is 1. The van der Waals surface area contributed by atoms with E-state index in [1.165, 1.54) is 11.3 Å². The first-order valence-corrected chi connectivity index (χ1v) is 3.28. The topological polar surface area (TPSA) is 75.5 Å². The molecule has 0 saturated carbocycles. The number of hydrogen-bond acceptors (Lipinski definition) is 2. The predicted octanol–water partition coefficient (Wildman–Crippen LogP) is 1.31. The summed E-state index contributed by atoms with van der Waals surface area (Å²) >= 11 is 0. The Bertz CT molecular complexity index is 110. The zero-order chi connectivity index (χ0) is 6.69. The lowest BCUT2D eigenvalue weighted by molar-refractivity contribution is 0.136. The average Bonchev–Trinajstić information content (AvgIpc) is 1.90. The van der Waals surface area contributed by atoms with Crippen LogP contribution in [0.4, 0.5) is 4.79 Å². The van der Waals surface area contributed by atoms with Gasteiger partial charge in [0.25, 0.3) is 0 Å². The lowest BCUT2D eigenvalue weighted by Crippen LogP contribution is -2.34. The van der Waals surface area contributed by atoms with Crippen LogP contribution in [-0.2, 0) is 0 Å². The summed E-state index contributed by atoms with van der Waals surface area (Å²) in [5.41, 5.74) is 0. The van der Waals surface area contributed by atoms with Crippen LogP contribution in [0.3, 0.4) is 0 Å². The number of carbonyl (C=O) groups is 1. The maximum atomic E-state index is 10.3. The summed E-state index contributed by atoms with van der Waals surface area (Å²) in [5, 5.41) is 8.46. The lowest BCUT2D eigenvalue weighted by atomic mass is 10.1. The minimum absolute atomic E-state index is 0. The average molecular weight is 146 g/mol. The number of rotatable bonds is 0. The number of amides is 1. The van der Waals surface area contributed by atoms with Crippen LogP contribution in [0, 0.1) is 0 Å². The molecule has 1 aliphatic heterocycles. The van der Waals surface area contributed by atoms with Gasteiger partial charge >= 0.3 is 6.09 Å². The predicted molar refractivity (Wildman–Crippen MR) is 38.5 cm³/mol. The van der Waals surface area contributed by atoms with Crippen molar-refractivity contribution in [2.45, 2.75) is 19.3 Å². The van der Waals surface area contributed by atoms with Gasteiger partial charge in [0.15, 0.2) is 0 Å². The minimum Gasteiger partial charge on any atom is -0.465 e. The smallest absolute Gasteiger partial charge is 0.407 e. The highest BCUT2D eigenvalue weighted by atomic mass is 16.4. The van der Waals surface area contributed by atoms with Gasteiger partial charge in [-0.15, -0.1) is 0 Å². The summed E-state index contributed by atoms with van der Waals surface area (Å²) in [6, 6.07) is 0. The highest BCUT2D eigenvalue weighted by molar-refractivity contribution is 5.64. The Morgan fingerprint density at radius 3 is 2.00 bits per heavy atom. The maximum absolute atomic E-state index is 10.3. The van der Waals surface area contributed by atoms with E-state index in [0.717, 1.165) is 25.9 Å². The molecule has 0 atom stereocenters. The van der Waals surface area contributed by atoms with Crippen LogP contribution in [0.15, 0.2) is 0 Å². The number of likely N-dealkylation sites (tertiary alicyclic amines) is 1. The summed E-state index contributed by atoms with van der Waals surface area (Å²) in [6.45, 7) is 1.46. The molecule has 4 N–H and O–H groups in total. The Morgan fingerprint density at radius 2 is 1.70 bits per heavy atom. The lowest BCUT2D eigenvalue weighted by Gasteiger charge is -2.22. The van der Waals surface area contributed by atoms with Crippen molar-refractivity contribution in [1.29, 1.82) is 0 Å². The normalized spacial score (nSPS) is 17.8. The molecule has 4 nitrogen and oxygen atoms in total. The molecular weight excluding hydrogens is 132 g/mol. The van der Waals surface area contributed by atoms with Gasteiger partial charge in [-0.25, -0.2) is 4.79 Å². The van der Waals surface area contributed by atoms with E-state index in [9.17, 15) is 4.79 Å². The Labute approximate surface area is 60.4 Å². The molecule has 1 heterocycles. The molecule has 1 amide bonds. The molecule has 10 heavy (non-hydrogen) atoms. The van der Waals surface area contributed by atoms with E-state index in [0.29, 0.717) is 0 Å². The third-order valence-electron chi connectivity index (χ3n) is 1.63. The first-order chi connectivity index (χ1) is 4.30. The van der Waals surface area contributed by atoms with Crippen LogP contribution in [-0.4, -0.2) is 29.2 Å². The van der Waals surface area contributed by atoms with Gasteiger partial charge in [-0.2, -0.15) is 0 Å². The van der Waals surface area contributed by atoms with Gasteiger partial charge in [0, 0.05) is 13.1 Å². The van der Waals surface area contributed by atoms with Crippen LogP contribution in [0.25, 0.3) is 0 Å². The van der Waals surface area contributed by atoms with Gasteiger partial charge in [0.2, 0.25) is 0 Å². The molecule has 60 valence electrons. The molecule has 0 bridgehead atoms. The molecule has 0 radical (unpaired) electrons. The molecule has 0 spiro atoms. The van der Waals surface area contributed by atoms with Crippen LogP contribution in [0.1, 0.15) is 19.3 Å². The highest BCUT2D eigenvalue weighted by Gasteiger charge is 2.13. The second-order valence-electron chi connectivity index (χ2n) is 2.33. The third kappa shape index (κ3) is 2.23. The van der Waals surface area contributed by atoms with E-state index in [2.05, 4.69) is 0 Å². The molecule has 1 fully saturated rings. The Morgan fingerprint density at radius 1 is 1.20 bits per heavy atom. The van der Waals surface area contributed by atoms with Crippen molar-refractivity contribution in [2.75, 3.05) is 13.1 Å². The Kier molecular flexibility index (Phi) is 3.79. The summed E-state index contributed by atoms with van der Waals surface area (Å²) in [5.74, 6) is 0. The Hall–Kier alpha value is -0.770. The van der Waals surface area contributed by atoms with Crippen molar-refractivity contribution in [3.8, 4) is 0 Å². The molecule has 4 heteroatoms.